The molecule has 0 aromatic heterocycles. The van der Waals surface area contributed by atoms with E-state index in [1.165, 1.54) is 24.9 Å². The number of hydrogen-bond donors (Lipinski definition) is 2. The second-order valence-electron chi connectivity index (χ2n) is 4.60. The SMILES string of the molecule is COc1ccc(CSCC(=O)NCCCCN)cc1[N+](=O)[O-].Cl. The van der Waals surface area contributed by atoms with Gasteiger partial charge in [-0.2, -0.15) is 0 Å². The fraction of sp³-hybridized carbons (Fsp3) is 0.500. The van der Waals surface area contributed by atoms with Gasteiger partial charge >= 0.3 is 5.69 Å². The van der Waals surface area contributed by atoms with Crippen molar-refractivity contribution in [1.82, 2.24) is 5.32 Å². The monoisotopic (exact) mass is 363 g/mol. The van der Waals surface area contributed by atoms with Crippen LogP contribution in [0.2, 0.25) is 0 Å². The molecule has 23 heavy (non-hydrogen) atoms. The first-order chi connectivity index (χ1) is 10.6. The second kappa shape index (κ2) is 12.0. The Balaban J connectivity index is 0.00000484. The van der Waals surface area contributed by atoms with Crippen LogP contribution < -0.4 is 15.8 Å². The maximum absolute atomic E-state index is 11.6. The minimum atomic E-state index is -0.475. The van der Waals surface area contributed by atoms with Crippen molar-refractivity contribution in [1.29, 1.82) is 0 Å². The topological polar surface area (TPSA) is 107 Å². The molecule has 0 saturated heterocycles. The van der Waals surface area contributed by atoms with Gasteiger partial charge in [-0.15, -0.1) is 24.2 Å². The van der Waals surface area contributed by atoms with Crippen molar-refractivity contribution >= 4 is 35.8 Å². The number of carbonyl (C=O) groups is 1. The Hall–Kier alpha value is -1.51. The van der Waals surface area contributed by atoms with Crippen molar-refractivity contribution in [2.24, 2.45) is 5.73 Å². The average molecular weight is 364 g/mol. The summed E-state index contributed by atoms with van der Waals surface area (Å²) in [4.78, 5) is 22.0. The van der Waals surface area contributed by atoms with Gasteiger partial charge in [0.2, 0.25) is 5.91 Å². The molecule has 0 aliphatic heterocycles. The maximum Gasteiger partial charge on any atom is 0.311 e. The molecule has 0 atom stereocenters. The lowest BCUT2D eigenvalue weighted by molar-refractivity contribution is -0.385. The first-order valence-corrected chi connectivity index (χ1v) is 8.09. The fourth-order valence-corrected chi connectivity index (χ4v) is 2.58. The van der Waals surface area contributed by atoms with E-state index in [0.717, 1.165) is 18.4 Å². The highest BCUT2D eigenvalue weighted by Crippen LogP contribution is 2.28. The number of unbranched alkanes of at least 4 members (excludes halogenated alkanes) is 1. The Morgan fingerprint density at radius 2 is 2.17 bits per heavy atom. The number of nitrogens with zero attached hydrogens (tertiary/aromatic N) is 1. The quantitative estimate of drug-likeness (QED) is 0.374. The van der Waals surface area contributed by atoms with Crippen LogP contribution in [-0.4, -0.2) is 36.8 Å². The molecular weight excluding hydrogens is 342 g/mol. The van der Waals surface area contributed by atoms with E-state index in [1.54, 1.807) is 12.1 Å². The van der Waals surface area contributed by atoms with Crippen molar-refractivity contribution in [2.45, 2.75) is 18.6 Å². The molecule has 0 unspecified atom stereocenters. The lowest BCUT2D eigenvalue weighted by atomic mass is 10.2. The number of carbonyl (C=O) groups excluding carboxylic acids is 1. The molecule has 1 aromatic carbocycles. The number of amides is 1. The van der Waals surface area contributed by atoms with Gasteiger partial charge in [-0.3, -0.25) is 14.9 Å². The number of nitrogens with two attached hydrogens (primary N) is 1. The van der Waals surface area contributed by atoms with E-state index in [-0.39, 0.29) is 29.8 Å². The van der Waals surface area contributed by atoms with Crippen molar-refractivity contribution < 1.29 is 14.5 Å². The Bertz CT molecular complexity index is 517. The van der Waals surface area contributed by atoms with Gasteiger partial charge in [-0.1, -0.05) is 6.07 Å². The van der Waals surface area contributed by atoms with Crippen LogP contribution in [0.5, 0.6) is 5.75 Å². The highest BCUT2D eigenvalue weighted by atomic mass is 35.5. The van der Waals surface area contributed by atoms with E-state index >= 15 is 0 Å². The zero-order valence-corrected chi connectivity index (χ0v) is 14.6. The molecule has 0 saturated carbocycles. The number of hydrogen-bond acceptors (Lipinski definition) is 6. The summed E-state index contributed by atoms with van der Waals surface area (Å²) in [5.41, 5.74) is 6.09. The van der Waals surface area contributed by atoms with Crippen LogP contribution in [-0.2, 0) is 10.5 Å². The van der Waals surface area contributed by atoms with E-state index in [2.05, 4.69) is 5.32 Å². The zero-order chi connectivity index (χ0) is 16.4. The Labute approximate surface area is 145 Å². The molecule has 0 radical (unpaired) electrons. The van der Waals surface area contributed by atoms with Gasteiger partial charge in [0.05, 0.1) is 17.8 Å². The predicted molar refractivity (Wildman–Crippen MR) is 94.4 cm³/mol. The van der Waals surface area contributed by atoms with Crippen molar-refractivity contribution in [3.8, 4) is 5.75 Å². The van der Waals surface area contributed by atoms with Gasteiger partial charge in [0, 0.05) is 18.4 Å². The van der Waals surface area contributed by atoms with Crippen LogP contribution in [0.15, 0.2) is 18.2 Å². The average Bonchev–Trinajstić information content (AvgIpc) is 2.51. The Morgan fingerprint density at radius 3 is 2.78 bits per heavy atom. The molecule has 0 bridgehead atoms. The van der Waals surface area contributed by atoms with Gasteiger partial charge in [-0.25, -0.2) is 0 Å². The van der Waals surface area contributed by atoms with Crippen LogP contribution in [0, 0.1) is 10.1 Å². The molecule has 0 spiro atoms. The minimum absolute atomic E-state index is 0. The molecule has 3 N–H and O–H groups in total. The first kappa shape index (κ1) is 21.5. The van der Waals surface area contributed by atoms with Gasteiger partial charge in [0.1, 0.15) is 0 Å². The highest BCUT2D eigenvalue weighted by Gasteiger charge is 2.15. The van der Waals surface area contributed by atoms with Crippen LogP contribution in [0.3, 0.4) is 0 Å². The molecule has 1 rings (SSSR count). The number of thioether (sulfide) groups is 1. The van der Waals surface area contributed by atoms with E-state index in [1.807, 2.05) is 0 Å². The minimum Gasteiger partial charge on any atom is -0.490 e. The number of methoxy groups -OCH3 is 1. The van der Waals surface area contributed by atoms with Crippen LogP contribution in [0.25, 0.3) is 0 Å². The van der Waals surface area contributed by atoms with E-state index in [9.17, 15) is 14.9 Å². The summed E-state index contributed by atoms with van der Waals surface area (Å²) in [5.74, 6) is 1.05. The zero-order valence-electron chi connectivity index (χ0n) is 12.9. The molecule has 1 aromatic rings. The summed E-state index contributed by atoms with van der Waals surface area (Å²) in [5, 5.41) is 13.7. The van der Waals surface area contributed by atoms with Crippen LogP contribution in [0.4, 0.5) is 5.69 Å². The number of nitro groups is 1. The van der Waals surface area contributed by atoms with E-state index < -0.39 is 4.92 Å². The lowest BCUT2D eigenvalue weighted by Gasteiger charge is -2.06. The van der Waals surface area contributed by atoms with Crippen molar-refractivity contribution in [3.05, 3.63) is 33.9 Å². The number of rotatable bonds is 10. The smallest absolute Gasteiger partial charge is 0.311 e. The third-order valence-electron chi connectivity index (χ3n) is 2.89. The van der Waals surface area contributed by atoms with Gasteiger partial charge in [0.25, 0.3) is 0 Å². The first-order valence-electron chi connectivity index (χ1n) is 6.94. The summed E-state index contributed by atoms with van der Waals surface area (Å²) in [7, 11) is 1.39. The van der Waals surface area contributed by atoms with Crippen LogP contribution >= 0.6 is 24.2 Å². The number of benzene rings is 1. The molecule has 0 aliphatic rings. The fourth-order valence-electron chi connectivity index (χ4n) is 1.78. The summed E-state index contributed by atoms with van der Waals surface area (Å²) < 4.78 is 4.95. The second-order valence-corrected chi connectivity index (χ2v) is 5.59. The van der Waals surface area contributed by atoms with Gasteiger partial charge in [0.15, 0.2) is 5.75 Å². The highest BCUT2D eigenvalue weighted by molar-refractivity contribution is 7.99. The molecule has 0 heterocycles. The molecule has 130 valence electrons. The van der Waals surface area contributed by atoms with Crippen molar-refractivity contribution in [2.75, 3.05) is 26.0 Å². The molecule has 0 aliphatic carbocycles. The molecular formula is C14H22ClN3O4S. The van der Waals surface area contributed by atoms with Crippen LogP contribution in [0.1, 0.15) is 18.4 Å². The maximum atomic E-state index is 11.6. The predicted octanol–water partition coefficient (Wildman–Crippen LogP) is 2.11. The standard InChI is InChI=1S/C14H21N3O4S.ClH/c1-21-13-5-4-11(8-12(13)17(19)20)9-22-10-14(18)16-7-3-2-6-15;/h4-5,8H,2-3,6-7,9-10,15H2,1H3,(H,16,18);1H. The molecule has 0 fully saturated rings. The normalized spacial score (nSPS) is 9.83. The third kappa shape index (κ3) is 8.06. The van der Waals surface area contributed by atoms with E-state index in [4.69, 9.17) is 10.5 Å². The molecule has 9 heteroatoms. The summed E-state index contributed by atoms with van der Waals surface area (Å²) >= 11 is 1.41. The lowest BCUT2D eigenvalue weighted by Crippen LogP contribution is -2.26. The Kier molecular flexibility index (Phi) is 11.2. The van der Waals surface area contributed by atoms with Gasteiger partial charge in [-0.05, 0) is 31.0 Å². The summed E-state index contributed by atoms with van der Waals surface area (Å²) in [6.45, 7) is 1.26. The Morgan fingerprint density at radius 1 is 1.43 bits per heavy atom. The number of ether oxygens (including phenoxy) is 1. The number of nitrogens with one attached hydrogen (secondary N) is 1. The summed E-state index contributed by atoms with van der Waals surface area (Å²) in [6, 6.07) is 4.81. The molecule has 7 nitrogen and oxygen atoms in total. The number of halogens is 1. The van der Waals surface area contributed by atoms with Crippen molar-refractivity contribution in [3.63, 3.8) is 0 Å². The number of nitro benzene ring substituents is 1. The van der Waals surface area contributed by atoms with E-state index in [0.29, 0.717) is 24.6 Å². The summed E-state index contributed by atoms with van der Waals surface area (Å²) in [6.07, 6.45) is 1.76. The molecule has 1 amide bonds. The van der Waals surface area contributed by atoms with Gasteiger partial charge < -0.3 is 15.8 Å². The largest absolute Gasteiger partial charge is 0.490 e. The third-order valence-corrected chi connectivity index (χ3v) is 3.90.